The predicted molar refractivity (Wildman–Crippen MR) is 118 cm³/mol. The van der Waals surface area contributed by atoms with Crippen LogP contribution in [0.5, 0.6) is 0 Å². The van der Waals surface area contributed by atoms with Crippen molar-refractivity contribution < 1.29 is 9.18 Å². The van der Waals surface area contributed by atoms with Gasteiger partial charge < -0.3 is 9.47 Å². The largest absolute Gasteiger partial charge is 0.336 e. The molecule has 4 rings (SSSR count). The van der Waals surface area contributed by atoms with Crippen molar-refractivity contribution in [2.24, 2.45) is 7.05 Å². The Kier molecular flexibility index (Phi) is 7.08. The van der Waals surface area contributed by atoms with Crippen LogP contribution in [0.1, 0.15) is 64.2 Å². The summed E-state index contributed by atoms with van der Waals surface area (Å²) in [5.74, 6) is 0.742. The topological polar surface area (TPSA) is 51.0 Å². The van der Waals surface area contributed by atoms with E-state index in [1.807, 2.05) is 7.05 Å². The fourth-order valence-electron chi connectivity index (χ4n) is 4.94. The number of rotatable bonds is 6. The van der Waals surface area contributed by atoms with Crippen molar-refractivity contribution in [1.82, 2.24) is 19.7 Å². The number of halogens is 1. The van der Waals surface area contributed by atoms with E-state index < -0.39 is 0 Å². The molecule has 0 spiro atoms. The highest BCUT2D eigenvalue weighted by Crippen LogP contribution is 2.32. The van der Waals surface area contributed by atoms with Gasteiger partial charge >= 0.3 is 0 Å². The Hall–Kier alpha value is -1.89. The molecular weight excluding hydrogens is 399 g/mol. The minimum Gasteiger partial charge on any atom is -0.336 e. The maximum atomic E-state index is 14.1. The molecule has 0 aliphatic heterocycles. The monoisotopic (exact) mass is 430 g/mol. The maximum absolute atomic E-state index is 14.1. The van der Waals surface area contributed by atoms with E-state index in [2.05, 4.69) is 15.1 Å². The molecule has 1 aromatic heterocycles. The summed E-state index contributed by atoms with van der Waals surface area (Å²) < 4.78 is 15.9. The summed E-state index contributed by atoms with van der Waals surface area (Å²) in [6, 6.07) is 7.36. The van der Waals surface area contributed by atoms with Gasteiger partial charge in [0.15, 0.2) is 11.0 Å². The fourth-order valence-corrected chi connectivity index (χ4v) is 5.72. The molecule has 2 aromatic rings. The molecular formula is C23H31FN4OS. The van der Waals surface area contributed by atoms with Crippen LogP contribution >= 0.6 is 11.8 Å². The SMILES string of the molecule is Cn1c(SCC(=O)N(C2CCCCC2)C2CCCCC2)nnc1-c1ccccc1F. The van der Waals surface area contributed by atoms with Gasteiger partial charge in [-0.1, -0.05) is 62.4 Å². The van der Waals surface area contributed by atoms with Gasteiger partial charge in [0.25, 0.3) is 0 Å². The molecule has 7 heteroatoms. The molecule has 1 heterocycles. The number of aromatic nitrogens is 3. The van der Waals surface area contributed by atoms with Gasteiger partial charge in [0.2, 0.25) is 5.91 Å². The van der Waals surface area contributed by atoms with Gasteiger partial charge in [0.1, 0.15) is 5.82 Å². The smallest absolute Gasteiger partial charge is 0.233 e. The van der Waals surface area contributed by atoms with E-state index in [-0.39, 0.29) is 11.7 Å². The van der Waals surface area contributed by atoms with Crippen LogP contribution in [0.15, 0.2) is 29.4 Å². The molecule has 162 valence electrons. The van der Waals surface area contributed by atoms with Gasteiger partial charge in [-0.2, -0.15) is 0 Å². The zero-order valence-electron chi connectivity index (χ0n) is 17.7. The normalized spacial score (nSPS) is 18.5. The zero-order chi connectivity index (χ0) is 20.9. The van der Waals surface area contributed by atoms with Crippen molar-refractivity contribution in [2.75, 3.05) is 5.75 Å². The van der Waals surface area contributed by atoms with Crippen LogP contribution in [0.4, 0.5) is 4.39 Å². The van der Waals surface area contributed by atoms with Crippen molar-refractivity contribution in [3.63, 3.8) is 0 Å². The third-order valence-electron chi connectivity index (χ3n) is 6.50. The molecule has 1 aromatic carbocycles. The van der Waals surface area contributed by atoms with Crippen LogP contribution in [0.3, 0.4) is 0 Å². The van der Waals surface area contributed by atoms with Crippen molar-refractivity contribution in [1.29, 1.82) is 0 Å². The van der Waals surface area contributed by atoms with E-state index >= 15 is 0 Å². The summed E-state index contributed by atoms with van der Waals surface area (Å²) in [4.78, 5) is 15.6. The first-order valence-electron chi connectivity index (χ1n) is 11.2. The molecule has 0 N–H and O–H groups in total. The van der Waals surface area contributed by atoms with E-state index in [0.29, 0.717) is 34.4 Å². The highest BCUT2D eigenvalue weighted by atomic mass is 32.2. The molecule has 2 saturated carbocycles. The third kappa shape index (κ3) is 4.71. The summed E-state index contributed by atoms with van der Waals surface area (Å²) in [6.07, 6.45) is 12.0. The van der Waals surface area contributed by atoms with E-state index in [9.17, 15) is 9.18 Å². The van der Waals surface area contributed by atoms with Crippen LogP contribution in [0, 0.1) is 5.82 Å². The molecule has 2 aliphatic rings. The molecule has 0 radical (unpaired) electrons. The second-order valence-electron chi connectivity index (χ2n) is 8.52. The van der Waals surface area contributed by atoms with E-state index in [1.54, 1.807) is 22.8 Å². The summed E-state index contributed by atoms with van der Waals surface area (Å²) in [6.45, 7) is 0. The first-order chi connectivity index (χ1) is 14.6. The number of benzene rings is 1. The van der Waals surface area contributed by atoms with Crippen molar-refractivity contribution in [2.45, 2.75) is 81.4 Å². The predicted octanol–water partition coefficient (Wildman–Crippen LogP) is 5.21. The second-order valence-corrected chi connectivity index (χ2v) is 9.46. The zero-order valence-corrected chi connectivity index (χ0v) is 18.5. The fraction of sp³-hybridized carbons (Fsp3) is 0.609. The van der Waals surface area contributed by atoms with Crippen LogP contribution < -0.4 is 0 Å². The first-order valence-corrected chi connectivity index (χ1v) is 12.2. The number of thioether (sulfide) groups is 1. The van der Waals surface area contributed by atoms with Gasteiger partial charge in [0, 0.05) is 19.1 Å². The highest BCUT2D eigenvalue weighted by molar-refractivity contribution is 7.99. The average molecular weight is 431 g/mol. The molecule has 30 heavy (non-hydrogen) atoms. The van der Waals surface area contributed by atoms with E-state index in [1.165, 1.54) is 56.4 Å². The van der Waals surface area contributed by atoms with Crippen LogP contribution in [-0.2, 0) is 11.8 Å². The van der Waals surface area contributed by atoms with Gasteiger partial charge in [-0.25, -0.2) is 4.39 Å². The van der Waals surface area contributed by atoms with Crippen LogP contribution in [-0.4, -0.2) is 43.4 Å². The standard InChI is InChI=1S/C23H31FN4OS/c1-27-22(19-14-8-9-15-20(19)24)25-26-23(27)30-16-21(29)28(17-10-4-2-5-11-17)18-12-6-3-7-13-18/h8-9,14-15,17-18H,2-7,10-13,16H2,1H3. The summed E-state index contributed by atoms with van der Waals surface area (Å²) in [5.41, 5.74) is 0.428. The number of carbonyl (C=O) groups excluding carboxylic acids is 1. The summed E-state index contributed by atoms with van der Waals surface area (Å²) >= 11 is 1.41. The second kappa shape index (κ2) is 9.94. The number of nitrogens with zero attached hydrogens (tertiary/aromatic N) is 4. The Bertz CT molecular complexity index is 841. The summed E-state index contributed by atoms with van der Waals surface area (Å²) in [7, 11) is 1.83. The molecule has 0 unspecified atom stereocenters. The molecule has 0 bridgehead atoms. The lowest BCUT2D eigenvalue weighted by Crippen LogP contribution is -2.49. The number of amides is 1. The van der Waals surface area contributed by atoms with Gasteiger partial charge in [-0.3, -0.25) is 4.79 Å². The molecule has 2 fully saturated rings. The van der Waals surface area contributed by atoms with Crippen LogP contribution in [0.2, 0.25) is 0 Å². The molecule has 2 aliphatic carbocycles. The first kappa shape index (κ1) is 21.3. The lowest BCUT2D eigenvalue weighted by molar-refractivity contribution is -0.135. The Balaban J connectivity index is 1.46. The average Bonchev–Trinajstić information content (AvgIpc) is 3.14. The minimum atomic E-state index is -0.318. The number of hydrogen-bond donors (Lipinski definition) is 0. The maximum Gasteiger partial charge on any atom is 0.233 e. The Labute approximate surface area is 182 Å². The van der Waals surface area contributed by atoms with E-state index in [4.69, 9.17) is 0 Å². The molecule has 0 atom stereocenters. The van der Waals surface area contributed by atoms with Crippen LogP contribution in [0.25, 0.3) is 11.4 Å². The summed E-state index contributed by atoms with van der Waals surface area (Å²) in [5, 5.41) is 9.05. The molecule has 5 nitrogen and oxygen atoms in total. The highest BCUT2D eigenvalue weighted by Gasteiger charge is 2.32. The minimum absolute atomic E-state index is 0.217. The number of hydrogen-bond acceptors (Lipinski definition) is 4. The third-order valence-corrected chi connectivity index (χ3v) is 7.50. The number of carbonyl (C=O) groups is 1. The van der Waals surface area contributed by atoms with Crippen molar-refractivity contribution in [3.8, 4) is 11.4 Å². The Morgan fingerprint density at radius 3 is 2.23 bits per heavy atom. The Morgan fingerprint density at radius 2 is 1.63 bits per heavy atom. The van der Waals surface area contributed by atoms with Gasteiger partial charge in [-0.15, -0.1) is 10.2 Å². The van der Waals surface area contributed by atoms with Crippen molar-refractivity contribution >= 4 is 17.7 Å². The van der Waals surface area contributed by atoms with Crippen molar-refractivity contribution in [3.05, 3.63) is 30.1 Å². The molecule has 1 amide bonds. The quantitative estimate of drug-likeness (QED) is 0.591. The van der Waals surface area contributed by atoms with Gasteiger partial charge in [0.05, 0.1) is 11.3 Å². The lowest BCUT2D eigenvalue weighted by atomic mass is 9.88. The molecule has 0 saturated heterocycles. The van der Waals surface area contributed by atoms with E-state index in [0.717, 1.165) is 25.7 Å². The Morgan fingerprint density at radius 1 is 1.03 bits per heavy atom. The lowest BCUT2D eigenvalue weighted by Gasteiger charge is -2.41. The van der Waals surface area contributed by atoms with Gasteiger partial charge in [-0.05, 0) is 37.8 Å².